The summed E-state index contributed by atoms with van der Waals surface area (Å²) in [5.74, 6) is 0.223. The van der Waals surface area contributed by atoms with E-state index < -0.39 is 0 Å². The number of esters is 1. The normalized spacial score (nSPS) is 10.6. The molecule has 0 atom stereocenters. The van der Waals surface area contributed by atoms with Crippen LogP contribution in [0.3, 0.4) is 0 Å². The fourth-order valence-electron chi connectivity index (χ4n) is 1.33. The summed E-state index contributed by atoms with van der Waals surface area (Å²) < 4.78 is 6.93. The molecule has 2 rings (SSSR count). The van der Waals surface area contributed by atoms with Gasteiger partial charge in [0.05, 0.1) is 5.52 Å². The van der Waals surface area contributed by atoms with Crippen LogP contribution in [0.2, 0.25) is 0 Å². The van der Waals surface area contributed by atoms with Crippen molar-refractivity contribution < 1.29 is 9.53 Å². The summed E-state index contributed by atoms with van der Waals surface area (Å²) in [6.45, 7) is 1.38. The van der Waals surface area contributed by atoms with Gasteiger partial charge in [-0.25, -0.2) is 0 Å². The van der Waals surface area contributed by atoms with Gasteiger partial charge in [-0.2, -0.15) is 0 Å². The van der Waals surface area contributed by atoms with E-state index in [1.54, 1.807) is 6.20 Å². The Morgan fingerprint density at radius 2 is 2.00 bits per heavy atom. The summed E-state index contributed by atoms with van der Waals surface area (Å²) in [4.78, 5) is 13.9. The molecule has 78 valence electrons. The molecule has 15 heavy (non-hydrogen) atoms. The summed E-state index contributed by atoms with van der Waals surface area (Å²) in [7, 11) is 0. The number of H-pyrrole nitrogens is 1. The fourth-order valence-corrected chi connectivity index (χ4v) is 2.02. The third kappa shape index (κ3) is 2.08. The number of rotatable bonds is 1. The molecule has 1 heterocycles. The Morgan fingerprint density at radius 3 is 2.67 bits per heavy atom. The third-order valence-corrected chi connectivity index (χ3v) is 3.78. The van der Waals surface area contributed by atoms with Crippen LogP contribution in [0.25, 0.3) is 10.9 Å². The average molecular weight is 333 g/mol. The molecule has 0 aliphatic rings. The lowest BCUT2D eigenvalue weighted by Crippen LogP contribution is -2.00. The number of halogens is 2. The molecular weight excluding hydrogens is 326 g/mol. The second kappa shape index (κ2) is 3.98. The minimum Gasteiger partial charge on any atom is -0.424 e. The molecule has 2 aromatic rings. The second-order valence-corrected chi connectivity index (χ2v) is 4.77. The Bertz CT molecular complexity index is 533. The van der Waals surface area contributed by atoms with Crippen molar-refractivity contribution in [3.05, 3.63) is 27.3 Å². The van der Waals surface area contributed by atoms with Gasteiger partial charge < -0.3 is 9.72 Å². The Labute approximate surface area is 103 Å². The Hall–Kier alpha value is -0.810. The Morgan fingerprint density at radius 1 is 1.33 bits per heavy atom. The molecule has 0 fully saturated rings. The highest BCUT2D eigenvalue weighted by atomic mass is 79.9. The number of carbonyl (C=O) groups is 1. The van der Waals surface area contributed by atoms with Crippen molar-refractivity contribution >= 4 is 48.7 Å². The fraction of sp³-hybridized carbons (Fsp3) is 0.100. The standard InChI is InChI=1S/C10H7Br2NO2/c1-5(14)15-10-4-13-9-3-8(12)7(11)2-6(9)10/h2-4,13H,1H3. The van der Waals surface area contributed by atoms with Crippen molar-refractivity contribution in [1.82, 2.24) is 4.98 Å². The van der Waals surface area contributed by atoms with Crippen LogP contribution in [-0.2, 0) is 4.79 Å². The highest BCUT2D eigenvalue weighted by Gasteiger charge is 2.09. The molecule has 0 bridgehead atoms. The van der Waals surface area contributed by atoms with Crippen molar-refractivity contribution in [2.24, 2.45) is 0 Å². The molecule has 0 aliphatic carbocycles. The summed E-state index contributed by atoms with van der Waals surface area (Å²) in [5, 5.41) is 0.875. The second-order valence-electron chi connectivity index (χ2n) is 3.06. The van der Waals surface area contributed by atoms with Crippen LogP contribution in [-0.4, -0.2) is 11.0 Å². The van der Waals surface area contributed by atoms with Crippen LogP contribution in [0.1, 0.15) is 6.92 Å². The molecule has 3 nitrogen and oxygen atoms in total. The van der Waals surface area contributed by atoms with Gasteiger partial charge in [0, 0.05) is 27.5 Å². The van der Waals surface area contributed by atoms with Crippen LogP contribution >= 0.6 is 31.9 Å². The van der Waals surface area contributed by atoms with E-state index in [1.807, 2.05) is 12.1 Å². The molecule has 0 spiro atoms. The van der Waals surface area contributed by atoms with Crippen molar-refractivity contribution in [3.63, 3.8) is 0 Å². The van der Waals surface area contributed by atoms with Crippen molar-refractivity contribution in [2.45, 2.75) is 6.92 Å². The molecule has 0 amide bonds. The largest absolute Gasteiger partial charge is 0.424 e. The van der Waals surface area contributed by atoms with E-state index in [0.29, 0.717) is 5.75 Å². The third-order valence-electron chi connectivity index (χ3n) is 1.94. The first-order chi connectivity index (χ1) is 7.08. The van der Waals surface area contributed by atoms with Gasteiger partial charge in [-0.1, -0.05) is 0 Å². The van der Waals surface area contributed by atoms with Gasteiger partial charge in [0.15, 0.2) is 5.75 Å². The number of carbonyl (C=O) groups excluding carboxylic acids is 1. The number of nitrogens with one attached hydrogen (secondary N) is 1. The summed E-state index contributed by atoms with van der Waals surface area (Å²) in [5.41, 5.74) is 0.918. The van der Waals surface area contributed by atoms with E-state index in [4.69, 9.17) is 4.74 Å². The Kier molecular flexibility index (Phi) is 2.84. The lowest BCUT2D eigenvalue weighted by atomic mass is 10.2. The van der Waals surface area contributed by atoms with Crippen LogP contribution in [0.4, 0.5) is 0 Å². The first kappa shape index (κ1) is 10.7. The van der Waals surface area contributed by atoms with Crippen molar-refractivity contribution in [2.75, 3.05) is 0 Å². The van der Waals surface area contributed by atoms with E-state index >= 15 is 0 Å². The molecule has 0 saturated heterocycles. The molecule has 5 heteroatoms. The van der Waals surface area contributed by atoms with Crippen molar-refractivity contribution in [1.29, 1.82) is 0 Å². The molecule has 1 aromatic heterocycles. The van der Waals surface area contributed by atoms with Gasteiger partial charge in [-0.05, 0) is 44.0 Å². The average Bonchev–Trinajstić information content (AvgIpc) is 2.49. The maximum Gasteiger partial charge on any atom is 0.308 e. The number of ether oxygens (including phenoxy) is 1. The van der Waals surface area contributed by atoms with E-state index in [9.17, 15) is 4.79 Å². The lowest BCUT2D eigenvalue weighted by molar-refractivity contribution is -0.131. The van der Waals surface area contributed by atoms with Gasteiger partial charge in [-0.3, -0.25) is 4.79 Å². The zero-order valence-electron chi connectivity index (χ0n) is 7.80. The minimum absolute atomic E-state index is 0.324. The van der Waals surface area contributed by atoms with E-state index in [2.05, 4.69) is 36.8 Å². The molecule has 1 N–H and O–H groups in total. The monoisotopic (exact) mass is 331 g/mol. The summed E-state index contributed by atoms with van der Waals surface area (Å²) in [6, 6.07) is 3.82. The summed E-state index contributed by atoms with van der Waals surface area (Å²) in [6.07, 6.45) is 1.67. The number of benzene rings is 1. The maximum atomic E-state index is 10.8. The SMILES string of the molecule is CC(=O)Oc1c[nH]c2cc(Br)c(Br)cc12. The highest BCUT2D eigenvalue weighted by Crippen LogP contribution is 2.33. The molecule has 0 aliphatic heterocycles. The van der Waals surface area contributed by atoms with Crippen LogP contribution in [0.5, 0.6) is 5.75 Å². The van der Waals surface area contributed by atoms with E-state index in [0.717, 1.165) is 19.8 Å². The van der Waals surface area contributed by atoms with Gasteiger partial charge in [0.1, 0.15) is 0 Å². The van der Waals surface area contributed by atoms with Crippen molar-refractivity contribution in [3.8, 4) is 5.75 Å². The number of fused-ring (bicyclic) bond motifs is 1. The first-order valence-electron chi connectivity index (χ1n) is 4.22. The molecule has 0 unspecified atom stereocenters. The maximum absolute atomic E-state index is 10.8. The molecule has 0 saturated carbocycles. The zero-order valence-corrected chi connectivity index (χ0v) is 11.0. The number of hydrogen-bond donors (Lipinski definition) is 1. The minimum atomic E-state index is -0.324. The predicted octanol–water partition coefficient (Wildman–Crippen LogP) is 3.62. The quantitative estimate of drug-likeness (QED) is 0.810. The highest BCUT2D eigenvalue weighted by molar-refractivity contribution is 9.13. The van der Waals surface area contributed by atoms with E-state index in [-0.39, 0.29) is 5.97 Å². The van der Waals surface area contributed by atoms with E-state index in [1.165, 1.54) is 6.92 Å². The van der Waals surface area contributed by atoms with Gasteiger partial charge >= 0.3 is 5.97 Å². The van der Waals surface area contributed by atoms with Crippen LogP contribution < -0.4 is 4.74 Å². The number of hydrogen-bond acceptors (Lipinski definition) is 2. The molecule has 1 aromatic carbocycles. The van der Waals surface area contributed by atoms with Crippen LogP contribution in [0, 0.1) is 0 Å². The molecule has 0 radical (unpaired) electrons. The smallest absolute Gasteiger partial charge is 0.308 e. The predicted molar refractivity (Wildman–Crippen MR) is 65.0 cm³/mol. The lowest BCUT2D eigenvalue weighted by Gasteiger charge is -2.00. The topological polar surface area (TPSA) is 42.1 Å². The van der Waals surface area contributed by atoms with Gasteiger partial charge in [0.2, 0.25) is 0 Å². The first-order valence-corrected chi connectivity index (χ1v) is 5.81. The summed E-state index contributed by atoms with van der Waals surface area (Å²) >= 11 is 6.80. The molecular formula is C10H7Br2NO2. The zero-order chi connectivity index (χ0) is 11.0. The Balaban J connectivity index is 2.59. The number of aromatic nitrogens is 1. The van der Waals surface area contributed by atoms with Gasteiger partial charge in [-0.15, -0.1) is 0 Å². The van der Waals surface area contributed by atoms with Gasteiger partial charge in [0.25, 0.3) is 0 Å². The number of aromatic amines is 1. The van der Waals surface area contributed by atoms with Crippen LogP contribution in [0.15, 0.2) is 27.3 Å².